The van der Waals surface area contributed by atoms with Gasteiger partial charge < -0.3 is 29.4 Å². The largest absolute Gasteiger partial charge is 0.550 e. The molecular formula is C16H16NO6-. The molecule has 0 spiro atoms. The third kappa shape index (κ3) is 2.41. The number of carboxylic acids is 1. The number of carboxylic acid groups (broad SMARTS) is 1. The first kappa shape index (κ1) is 14.3. The van der Waals surface area contributed by atoms with Gasteiger partial charge in [0.25, 0.3) is 0 Å². The topological polar surface area (TPSA) is 96.9 Å². The van der Waals surface area contributed by atoms with Crippen molar-refractivity contribution in [2.45, 2.75) is 31.6 Å². The van der Waals surface area contributed by atoms with Crippen molar-refractivity contribution in [2.75, 3.05) is 6.79 Å². The van der Waals surface area contributed by atoms with E-state index in [0.29, 0.717) is 24.5 Å². The molecular weight excluding hydrogens is 302 g/mol. The molecule has 7 nitrogen and oxygen atoms in total. The fourth-order valence-electron chi connectivity index (χ4n) is 3.67. The van der Waals surface area contributed by atoms with E-state index in [1.165, 1.54) is 0 Å². The van der Waals surface area contributed by atoms with Crippen molar-refractivity contribution in [3.05, 3.63) is 23.8 Å². The first-order chi connectivity index (χ1) is 11.1. The van der Waals surface area contributed by atoms with Crippen LogP contribution >= 0.6 is 0 Å². The van der Waals surface area contributed by atoms with Crippen molar-refractivity contribution in [1.82, 2.24) is 5.32 Å². The molecule has 23 heavy (non-hydrogen) atoms. The van der Waals surface area contributed by atoms with Crippen LogP contribution in [0.1, 0.15) is 18.4 Å². The van der Waals surface area contributed by atoms with Gasteiger partial charge in [-0.3, -0.25) is 4.79 Å². The Balaban J connectivity index is 1.43. The molecule has 2 bridgehead atoms. The van der Waals surface area contributed by atoms with Crippen LogP contribution in [0.15, 0.2) is 18.2 Å². The van der Waals surface area contributed by atoms with E-state index in [1.807, 2.05) is 6.07 Å². The normalized spacial score (nSPS) is 30.4. The number of carbonyl (C=O) groups excluding carboxylic acids is 2. The maximum Gasteiger partial charge on any atom is 0.231 e. The van der Waals surface area contributed by atoms with E-state index >= 15 is 0 Å². The van der Waals surface area contributed by atoms with Crippen molar-refractivity contribution in [1.29, 1.82) is 0 Å². The summed E-state index contributed by atoms with van der Waals surface area (Å²) in [6.07, 6.45) is 0.678. The lowest BCUT2D eigenvalue weighted by molar-refractivity contribution is -0.314. The summed E-state index contributed by atoms with van der Waals surface area (Å²) in [6, 6.07) is 5.42. The summed E-state index contributed by atoms with van der Waals surface area (Å²) in [4.78, 5) is 23.7. The van der Waals surface area contributed by atoms with Gasteiger partial charge in [-0.2, -0.15) is 0 Å². The zero-order chi connectivity index (χ0) is 16.0. The molecule has 122 valence electrons. The van der Waals surface area contributed by atoms with Gasteiger partial charge in [-0.05, 0) is 30.5 Å². The molecule has 0 aromatic heterocycles. The van der Waals surface area contributed by atoms with Crippen molar-refractivity contribution < 1.29 is 28.9 Å². The van der Waals surface area contributed by atoms with Gasteiger partial charge in [-0.1, -0.05) is 6.07 Å². The fraction of sp³-hybridized carbons (Fsp3) is 0.500. The molecule has 4 rings (SSSR count). The number of hydrogen-bond acceptors (Lipinski definition) is 6. The molecule has 1 aromatic carbocycles. The van der Waals surface area contributed by atoms with Crippen LogP contribution in [0.5, 0.6) is 11.5 Å². The average Bonchev–Trinajstić information content (AvgIpc) is 3.25. The van der Waals surface area contributed by atoms with Gasteiger partial charge >= 0.3 is 0 Å². The molecule has 0 unspecified atom stereocenters. The van der Waals surface area contributed by atoms with Crippen LogP contribution in [0, 0.1) is 11.8 Å². The number of fused-ring (bicyclic) bond motifs is 3. The molecule has 3 aliphatic heterocycles. The first-order valence-corrected chi connectivity index (χ1v) is 7.66. The van der Waals surface area contributed by atoms with E-state index in [4.69, 9.17) is 14.2 Å². The van der Waals surface area contributed by atoms with Crippen molar-refractivity contribution in [2.24, 2.45) is 11.8 Å². The Morgan fingerprint density at radius 2 is 1.87 bits per heavy atom. The van der Waals surface area contributed by atoms with Gasteiger partial charge in [-0.25, -0.2) is 0 Å². The van der Waals surface area contributed by atoms with Crippen LogP contribution in [0.3, 0.4) is 0 Å². The lowest BCUT2D eigenvalue weighted by Gasteiger charge is -2.27. The number of hydrogen-bond donors (Lipinski definition) is 1. The molecule has 0 radical (unpaired) electrons. The lowest BCUT2D eigenvalue weighted by Crippen LogP contribution is -2.48. The fourth-order valence-corrected chi connectivity index (χ4v) is 3.67. The highest BCUT2D eigenvalue weighted by atomic mass is 16.7. The highest BCUT2D eigenvalue weighted by Crippen LogP contribution is 2.43. The molecule has 0 saturated carbocycles. The Hall–Kier alpha value is -2.28. The van der Waals surface area contributed by atoms with Gasteiger partial charge in [0.2, 0.25) is 12.7 Å². The first-order valence-electron chi connectivity index (χ1n) is 7.66. The molecule has 7 heteroatoms. The molecule has 2 fully saturated rings. The third-order valence-corrected chi connectivity index (χ3v) is 4.75. The van der Waals surface area contributed by atoms with E-state index in [1.54, 1.807) is 12.1 Å². The van der Waals surface area contributed by atoms with Crippen LogP contribution in [-0.4, -0.2) is 30.9 Å². The monoisotopic (exact) mass is 318 g/mol. The Bertz CT molecular complexity index is 660. The summed E-state index contributed by atoms with van der Waals surface area (Å²) in [5, 5.41) is 14.1. The van der Waals surface area contributed by atoms with Crippen molar-refractivity contribution >= 4 is 11.9 Å². The smallest absolute Gasteiger partial charge is 0.231 e. The van der Waals surface area contributed by atoms with Crippen LogP contribution < -0.4 is 19.9 Å². The molecule has 4 atom stereocenters. The van der Waals surface area contributed by atoms with Gasteiger partial charge in [0.05, 0.1) is 18.1 Å². The molecule has 2 saturated heterocycles. The Morgan fingerprint density at radius 3 is 2.65 bits per heavy atom. The second-order valence-corrected chi connectivity index (χ2v) is 6.07. The minimum absolute atomic E-state index is 0.195. The van der Waals surface area contributed by atoms with Crippen molar-refractivity contribution in [3.63, 3.8) is 0 Å². The van der Waals surface area contributed by atoms with E-state index in [9.17, 15) is 14.7 Å². The lowest BCUT2D eigenvalue weighted by atomic mass is 9.78. The van der Waals surface area contributed by atoms with Crippen LogP contribution in [0.4, 0.5) is 0 Å². The molecule has 1 aromatic rings. The Kier molecular flexibility index (Phi) is 3.37. The predicted octanol–water partition coefficient (Wildman–Crippen LogP) is -0.425. The number of benzene rings is 1. The van der Waals surface area contributed by atoms with Crippen LogP contribution in [0.2, 0.25) is 0 Å². The number of ether oxygens (including phenoxy) is 3. The quantitative estimate of drug-likeness (QED) is 0.809. The molecule has 0 aliphatic carbocycles. The summed E-state index contributed by atoms with van der Waals surface area (Å²) in [5.74, 6) is -1.71. The molecule has 1 amide bonds. The molecule has 1 N–H and O–H groups in total. The van der Waals surface area contributed by atoms with Gasteiger partial charge in [0.1, 0.15) is 0 Å². The Morgan fingerprint density at radius 1 is 1.13 bits per heavy atom. The number of nitrogens with one attached hydrogen (secondary N) is 1. The maximum absolute atomic E-state index is 12.4. The molecule has 3 aliphatic rings. The molecule has 3 heterocycles. The summed E-state index contributed by atoms with van der Waals surface area (Å²) in [7, 11) is 0. The minimum Gasteiger partial charge on any atom is -0.550 e. The zero-order valence-electron chi connectivity index (χ0n) is 12.3. The highest BCUT2D eigenvalue weighted by Gasteiger charge is 2.52. The number of amides is 1. The van der Waals surface area contributed by atoms with E-state index < -0.39 is 23.9 Å². The second-order valence-electron chi connectivity index (χ2n) is 6.07. The standard InChI is InChI=1S/C16H17NO6/c18-15(13-10-3-4-11(23-10)14(13)16(19)20)17-6-8-1-2-9-12(5-8)22-7-21-9/h1-2,5,10-11,13-14H,3-4,6-7H2,(H,17,18)(H,19,20)/p-1/t10-,11+,13+,14+/m1/s1. The minimum atomic E-state index is -1.21. The van der Waals surface area contributed by atoms with Crippen LogP contribution in [-0.2, 0) is 20.9 Å². The number of aliphatic carboxylic acids is 1. The summed E-state index contributed by atoms with van der Waals surface area (Å²) in [6.45, 7) is 0.490. The summed E-state index contributed by atoms with van der Waals surface area (Å²) < 4.78 is 16.1. The van der Waals surface area contributed by atoms with E-state index in [2.05, 4.69) is 5.32 Å². The van der Waals surface area contributed by atoms with Crippen molar-refractivity contribution in [3.8, 4) is 11.5 Å². The second kappa shape index (κ2) is 5.42. The maximum atomic E-state index is 12.4. The van der Waals surface area contributed by atoms with Crippen LogP contribution in [0.25, 0.3) is 0 Å². The van der Waals surface area contributed by atoms with Gasteiger partial charge in [-0.15, -0.1) is 0 Å². The average molecular weight is 318 g/mol. The summed E-state index contributed by atoms with van der Waals surface area (Å²) >= 11 is 0. The van der Waals surface area contributed by atoms with E-state index in [0.717, 1.165) is 12.0 Å². The third-order valence-electron chi connectivity index (χ3n) is 4.75. The SMILES string of the molecule is O=C([O-])[C@@H]1[C@@H](C(=O)NCc2ccc3c(c2)OCO3)[C@H]2CC[C@@H]1O2. The number of rotatable bonds is 4. The highest BCUT2D eigenvalue weighted by molar-refractivity contribution is 5.86. The predicted molar refractivity (Wildman–Crippen MR) is 74.3 cm³/mol. The Labute approximate surface area is 132 Å². The zero-order valence-corrected chi connectivity index (χ0v) is 12.3. The van der Waals surface area contributed by atoms with E-state index in [-0.39, 0.29) is 18.8 Å². The summed E-state index contributed by atoms with van der Waals surface area (Å²) in [5.41, 5.74) is 0.858. The van der Waals surface area contributed by atoms with Gasteiger partial charge in [0.15, 0.2) is 11.5 Å². The number of carbonyl (C=O) groups is 2. The van der Waals surface area contributed by atoms with Gasteiger partial charge in [0, 0.05) is 18.4 Å².